The number of primary amides is 1. The van der Waals surface area contributed by atoms with Gasteiger partial charge in [0.25, 0.3) is 0 Å². The quantitative estimate of drug-likeness (QED) is 0.109. The fourth-order valence-corrected chi connectivity index (χ4v) is 4.24. The zero-order chi connectivity index (χ0) is 30.0. The number of rotatable bonds is 14. The molecule has 5 unspecified atom stereocenters. The molecule has 1 aromatic rings. The van der Waals surface area contributed by atoms with Crippen LogP contribution in [0.15, 0.2) is 12.5 Å². The van der Waals surface area contributed by atoms with Gasteiger partial charge in [-0.05, 0) is 12.3 Å². The summed E-state index contributed by atoms with van der Waals surface area (Å²) in [6.07, 6.45) is 2.07. The number of carbonyl (C=O) groups is 6. The molecule has 0 aliphatic carbocycles. The van der Waals surface area contributed by atoms with Crippen molar-refractivity contribution >= 4 is 35.4 Å². The molecule has 1 saturated heterocycles. The van der Waals surface area contributed by atoms with Crippen LogP contribution in [0.3, 0.4) is 0 Å². The number of aromatic amines is 1. The molecule has 9 N–H and O–H groups in total. The van der Waals surface area contributed by atoms with Gasteiger partial charge in [-0.2, -0.15) is 0 Å². The summed E-state index contributed by atoms with van der Waals surface area (Å²) in [5.74, 6) is -4.27. The molecule has 40 heavy (non-hydrogen) atoms. The summed E-state index contributed by atoms with van der Waals surface area (Å²) in [5, 5.41) is 29.3. The first-order chi connectivity index (χ1) is 18.8. The number of nitrogens with zero attached hydrogens (tertiary/aromatic N) is 2. The van der Waals surface area contributed by atoms with Crippen molar-refractivity contribution < 1.29 is 39.0 Å². The van der Waals surface area contributed by atoms with Crippen LogP contribution in [0.25, 0.3) is 0 Å². The number of imidazole rings is 1. The standard InChI is InChI=1S/C24H38N8O8/c1-12(2)4-16(30-24(40)19-6-15(35)9-32(19)13(3)34)22(38)29-17(5-14-7-26-11-28-14)23(39)31-18(10-33)21(37)27-8-20(25)36/h7,11-12,15-19,33,35H,4-6,8-10H2,1-3H3,(H2,25,36)(H,26,28)(H,27,37)(H,29,38)(H,30,40)(H,31,39). The average molecular weight is 567 g/mol. The molecule has 16 nitrogen and oxygen atoms in total. The molecule has 1 aliphatic heterocycles. The number of β-amino-alcohol motifs (C(OH)–C–C–N with tert-alkyl or cyclic N) is 1. The number of nitrogens with two attached hydrogens (primary N) is 1. The van der Waals surface area contributed by atoms with Gasteiger partial charge in [0.05, 0.1) is 25.6 Å². The molecule has 6 amide bonds. The number of H-pyrrole nitrogens is 1. The number of aromatic nitrogens is 2. The highest BCUT2D eigenvalue weighted by molar-refractivity contribution is 5.96. The highest BCUT2D eigenvalue weighted by atomic mass is 16.3. The third kappa shape index (κ3) is 9.60. The lowest BCUT2D eigenvalue weighted by atomic mass is 10.0. The van der Waals surface area contributed by atoms with Gasteiger partial charge in [0.2, 0.25) is 35.4 Å². The Balaban J connectivity index is 2.20. The van der Waals surface area contributed by atoms with Crippen LogP contribution < -0.4 is 27.0 Å². The predicted octanol–water partition coefficient (Wildman–Crippen LogP) is -3.97. The molecule has 0 aromatic carbocycles. The summed E-state index contributed by atoms with van der Waals surface area (Å²) in [6, 6.07) is -4.75. The molecule has 2 rings (SSSR count). The van der Waals surface area contributed by atoms with Crippen molar-refractivity contribution in [1.82, 2.24) is 36.1 Å². The third-order valence-corrected chi connectivity index (χ3v) is 6.19. The van der Waals surface area contributed by atoms with E-state index in [1.54, 1.807) is 0 Å². The normalized spacial score (nSPS) is 18.9. The van der Waals surface area contributed by atoms with Crippen molar-refractivity contribution in [1.29, 1.82) is 0 Å². The van der Waals surface area contributed by atoms with Gasteiger partial charge < -0.3 is 47.1 Å². The molecule has 0 bridgehead atoms. The summed E-state index contributed by atoms with van der Waals surface area (Å²) in [4.78, 5) is 82.7. The molecule has 1 fully saturated rings. The minimum Gasteiger partial charge on any atom is -0.394 e. The SMILES string of the molecule is CC(=O)N1CC(O)CC1C(=O)NC(CC(C)C)C(=O)NC(Cc1cnc[nH]1)C(=O)NC(CO)C(=O)NCC(N)=O. The zero-order valence-corrected chi connectivity index (χ0v) is 22.7. The number of amides is 6. The summed E-state index contributed by atoms with van der Waals surface area (Å²) in [5.41, 5.74) is 5.48. The van der Waals surface area contributed by atoms with Crippen LogP contribution in [0.5, 0.6) is 0 Å². The Morgan fingerprint density at radius 3 is 2.27 bits per heavy atom. The van der Waals surface area contributed by atoms with Crippen LogP contribution in [-0.2, 0) is 35.2 Å². The molecule has 16 heteroatoms. The second kappa shape index (κ2) is 14.9. The Bertz CT molecular complexity index is 1060. The van der Waals surface area contributed by atoms with E-state index in [1.165, 1.54) is 24.3 Å². The number of aliphatic hydroxyl groups excluding tert-OH is 2. The van der Waals surface area contributed by atoms with Crippen LogP contribution in [0.1, 0.15) is 39.3 Å². The van der Waals surface area contributed by atoms with Gasteiger partial charge in [-0.1, -0.05) is 13.8 Å². The fraction of sp³-hybridized carbons (Fsp3) is 0.625. The van der Waals surface area contributed by atoms with E-state index in [4.69, 9.17) is 5.73 Å². The second-order valence-corrected chi connectivity index (χ2v) is 10.0. The summed E-state index contributed by atoms with van der Waals surface area (Å²) in [6.45, 7) is 3.64. The Morgan fingerprint density at radius 2 is 1.73 bits per heavy atom. The van der Waals surface area contributed by atoms with Crippen molar-refractivity contribution in [2.24, 2.45) is 11.7 Å². The van der Waals surface area contributed by atoms with E-state index in [0.29, 0.717) is 5.69 Å². The largest absolute Gasteiger partial charge is 0.394 e. The molecule has 1 aliphatic rings. The second-order valence-electron chi connectivity index (χ2n) is 10.0. The van der Waals surface area contributed by atoms with Crippen molar-refractivity contribution in [3.63, 3.8) is 0 Å². The lowest BCUT2D eigenvalue weighted by Gasteiger charge is -2.27. The Kier molecular flexibility index (Phi) is 12.0. The number of aliphatic hydroxyl groups is 2. The predicted molar refractivity (Wildman–Crippen MR) is 139 cm³/mol. The van der Waals surface area contributed by atoms with Crippen LogP contribution >= 0.6 is 0 Å². The number of hydrogen-bond donors (Lipinski definition) is 8. The maximum absolute atomic E-state index is 13.4. The van der Waals surface area contributed by atoms with Gasteiger partial charge in [-0.15, -0.1) is 0 Å². The summed E-state index contributed by atoms with van der Waals surface area (Å²) < 4.78 is 0. The number of nitrogens with one attached hydrogen (secondary N) is 5. The van der Waals surface area contributed by atoms with Gasteiger partial charge >= 0.3 is 0 Å². The van der Waals surface area contributed by atoms with Gasteiger partial charge in [0.1, 0.15) is 24.2 Å². The molecule has 0 spiro atoms. The smallest absolute Gasteiger partial charge is 0.245 e. The van der Waals surface area contributed by atoms with E-state index in [1.807, 2.05) is 13.8 Å². The van der Waals surface area contributed by atoms with Gasteiger partial charge in [0.15, 0.2) is 0 Å². The third-order valence-electron chi connectivity index (χ3n) is 6.19. The maximum Gasteiger partial charge on any atom is 0.245 e. The van der Waals surface area contributed by atoms with Crippen LogP contribution in [0, 0.1) is 5.92 Å². The first-order valence-electron chi connectivity index (χ1n) is 12.8. The van der Waals surface area contributed by atoms with Gasteiger partial charge in [-0.25, -0.2) is 4.98 Å². The summed E-state index contributed by atoms with van der Waals surface area (Å²) >= 11 is 0. The van der Waals surface area contributed by atoms with Crippen molar-refractivity contribution in [3.8, 4) is 0 Å². The lowest BCUT2D eigenvalue weighted by Crippen LogP contribution is -2.59. The van der Waals surface area contributed by atoms with Crippen LogP contribution in [0.2, 0.25) is 0 Å². The highest BCUT2D eigenvalue weighted by Crippen LogP contribution is 2.19. The van der Waals surface area contributed by atoms with Crippen LogP contribution in [-0.4, -0.2) is 110 Å². The monoisotopic (exact) mass is 566 g/mol. The van der Waals surface area contributed by atoms with E-state index in [-0.39, 0.29) is 31.7 Å². The van der Waals surface area contributed by atoms with E-state index >= 15 is 0 Å². The first kappa shape index (κ1) is 32.2. The van der Waals surface area contributed by atoms with E-state index < -0.39 is 78.9 Å². The Labute approximate surface area is 230 Å². The highest BCUT2D eigenvalue weighted by Gasteiger charge is 2.39. The van der Waals surface area contributed by atoms with Crippen LogP contribution in [0.4, 0.5) is 0 Å². The minimum atomic E-state index is -1.44. The number of hydrogen-bond acceptors (Lipinski definition) is 9. The van der Waals surface area contributed by atoms with E-state index in [2.05, 4.69) is 31.2 Å². The Morgan fingerprint density at radius 1 is 1.07 bits per heavy atom. The molecule has 2 heterocycles. The maximum atomic E-state index is 13.4. The number of carbonyl (C=O) groups excluding carboxylic acids is 6. The minimum absolute atomic E-state index is 0.0000661. The number of likely N-dealkylation sites (tertiary alicyclic amines) is 1. The molecule has 5 atom stereocenters. The van der Waals surface area contributed by atoms with Gasteiger partial charge in [0, 0.05) is 38.2 Å². The lowest BCUT2D eigenvalue weighted by molar-refractivity contribution is -0.138. The average Bonchev–Trinajstić information content (AvgIpc) is 3.54. The molecular formula is C24H38N8O8. The zero-order valence-electron chi connectivity index (χ0n) is 22.7. The topological polar surface area (TPSA) is 249 Å². The van der Waals surface area contributed by atoms with Crippen molar-refractivity contribution in [2.75, 3.05) is 19.7 Å². The molecule has 0 radical (unpaired) electrons. The molecule has 1 aromatic heterocycles. The van der Waals surface area contributed by atoms with E-state index in [9.17, 15) is 39.0 Å². The molecular weight excluding hydrogens is 528 g/mol. The first-order valence-corrected chi connectivity index (χ1v) is 12.8. The molecule has 222 valence electrons. The van der Waals surface area contributed by atoms with Crippen molar-refractivity contribution in [2.45, 2.75) is 70.3 Å². The fourth-order valence-electron chi connectivity index (χ4n) is 4.24. The van der Waals surface area contributed by atoms with E-state index in [0.717, 1.165) is 0 Å². The van der Waals surface area contributed by atoms with Gasteiger partial charge in [-0.3, -0.25) is 28.8 Å². The summed E-state index contributed by atoms with van der Waals surface area (Å²) in [7, 11) is 0. The molecule has 0 saturated carbocycles. The van der Waals surface area contributed by atoms with Crippen molar-refractivity contribution in [3.05, 3.63) is 18.2 Å². The Hall–Kier alpha value is -4.05.